The van der Waals surface area contributed by atoms with Crippen LogP contribution in [-0.4, -0.2) is 53.0 Å². The van der Waals surface area contributed by atoms with E-state index in [0.717, 1.165) is 35.1 Å². The molecule has 2 amide bonds. The van der Waals surface area contributed by atoms with E-state index in [4.69, 9.17) is 4.74 Å². The molecule has 1 atom stereocenters. The van der Waals surface area contributed by atoms with Gasteiger partial charge in [0.25, 0.3) is 0 Å². The normalized spacial score (nSPS) is 16.9. The van der Waals surface area contributed by atoms with Crippen molar-refractivity contribution in [2.24, 2.45) is 0 Å². The Morgan fingerprint density at radius 3 is 2.18 bits per heavy atom. The Balaban J connectivity index is 1.34. The molecule has 180 valence electrons. The summed E-state index contributed by atoms with van der Waals surface area (Å²) in [6.07, 6.45) is 2.27. The van der Waals surface area contributed by atoms with Crippen LogP contribution in [0.3, 0.4) is 0 Å². The topological polar surface area (TPSA) is 125 Å². The third-order valence-electron chi connectivity index (χ3n) is 6.75. The second-order valence-corrected chi connectivity index (χ2v) is 9.09. The number of benzene rings is 2. The molecule has 2 aromatic carbocycles. The van der Waals surface area contributed by atoms with Crippen LogP contribution in [0.5, 0.6) is 0 Å². The molecule has 2 aliphatic carbocycles. The molecule has 1 fully saturated rings. The molecule has 1 saturated carbocycles. The quantitative estimate of drug-likeness (QED) is 0.450. The molecule has 8 nitrogen and oxygen atoms in total. The number of aliphatic hydroxyl groups is 1. The first-order valence-corrected chi connectivity index (χ1v) is 11.7. The average Bonchev–Trinajstić information content (AvgIpc) is 3.38. The standard InChI is InChI=1S/C26H30N2O6/c29-23(30)15-22(24(31)27-14-13-26(33)11-5-6-12-26)28-25(32)34-16-21-19-9-3-1-7-17(19)18-8-2-4-10-20(18)21/h1-4,7-10,21-22,33H,5-6,11-16H2,(H,27,31)(H,28,32)(H,29,30). The van der Waals surface area contributed by atoms with Crippen molar-refractivity contribution in [2.45, 2.75) is 56.1 Å². The van der Waals surface area contributed by atoms with Crippen molar-refractivity contribution in [3.05, 3.63) is 59.7 Å². The van der Waals surface area contributed by atoms with Gasteiger partial charge in [-0.05, 0) is 41.5 Å². The molecule has 0 saturated heterocycles. The van der Waals surface area contributed by atoms with Gasteiger partial charge in [-0.15, -0.1) is 0 Å². The molecule has 0 bridgehead atoms. The number of carbonyl (C=O) groups is 3. The molecule has 8 heteroatoms. The average molecular weight is 467 g/mol. The number of hydrogen-bond acceptors (Lipinski definition) is 5. The molecular weight excluding hydrogens is 436 g/mol. The molecule has 0 heterocycles. The summed E-state index contributed by atoms with van der Waals surface area (Å²) in [7, 11) is 0. The van der Waals surface area contributed by atoms with E-state index in [2.05, 4.69) is 10.6 Å². The first-order valence-electron chi connectivity index (χ1n) is 11.7. The first kappa shape index (κ1) is 23.8. The Hall–Kier alpha value is -3.39. The van der Waals surface area contributed by atoms with Gasteiger partial charge in [-0.1, -0.05) is 61.4 Å². The third kappa shape index (κ3) is 5.39. The van der Waals surface area contributed by atoms with Gasteiger partial charge in [-0.25, -0.2) is 4.79 Å². The van der Waals surface area contributed by atoms with Gasteiger partial charge in [0, 0.05) is 12.5 Å². The minimum Gasteiger partial charge on any atom is -0.481 e. The number of aliphatic carboxylic acids is 1. The van der Waals surface area contributed by atoms with Crippen molar-refractivity contribution in [1.82, 2.24) is 10.6 Å². The highest BCUT2D eigenvalue weighted by molar-refractivity contribution is 5.89. The lowest BCUT2D eigenvalue weighted by Gasteiger charge is -2.23. The van der Waals surface area contributed by atoms with E-state index in [1.165, 1.54) is 0 Å². The SMILES string of the molecule is O=C(O)CC(NC(=O)OCC1c2ccccc2-c2ccccc21)C(=O)NCCC1(O)CCCC1. The number of carboxylic acid groups (broad SMARTS) is 1. The summed E-state index contributed by atoms with van der Waals surface area (Å²) < 4.78 is 5.44. The van der Waals surface area contributed by atoms with Crippen LogP contribution in [0.4, 0.5) is 4.79 Å². The lowest BCUT2D eigenvalue weighted by atomic mass is 9.98. The molecule has 4 N–H and O–H groups in total. The smallest absolute Gasteiger partial charge is 0.407 e. The second-order valence-electron chi connectivity index (χ2n) is 9.09. The van der Waals surface area contributed by atoms with Crippen LogP contribution < -0.4 is 10.6 Å². The van der Waals surface area contributed by atoms with Gasteiger partial charge >= 0.3 is 12.1 Å². The predicted octanol–water partition coefficient (Wildman–Crippen LogP) is 3.18. The molecule has 2 aliphatic rings. The predicted molar refractivity (Wildman–Crippen MR) is 125 cm³/mol. The van der Waals surface area contributed by atoms with Crippen LogP contribution >= 0.6 is 0 Å². The van der Waals surface area contributed by atoms with Crippen LogP contribution in [-0.2, 0) is 14.3 Å². The van der Waals surface area contributed by atoms with Crippen molar-refractivity contribution >= 4 is 18.0 Å². The van der Waals surface area contributed by atoms with E-state index in [-0.39, 0.29) is 19.1 Å². The van der Waals surface area contributed by atoms with Gasteiger partial charge in [-0.2, -0.15) is 0 Å². The lowest BCUT2D eigenvalue weighted by Crippen LogP contribution is -2.49. The van der Waals surface area contributed by atoms with Gasteiger partial charge in [0.05, 0.1) is 12.0 Å². The van der Waals surface area contributed by atoms with E-state index >= 15 is 0 Å². The molecule has 0 spiro atoms. The number of nitrogens with one attached hydrogen (secondary N) is 2. The maximum atomic E-state index is 12.6. The molecule has 0 aromatic heterocycles. The zero-order valence-electron chi connectivity index (χ0n) is 19.0. The van der Waals surface area contributed by atoms with Crippen LogP contribution in [0.1, 0.15) is 55.6 Å². The van der Waals surface area contributed by atoms with Gasteiger partial charge in [0.15, 0.2) is 0 Å². The maximum absolute atomic E-state index is 12.6. The van der Waals surface area contributed by atoms with Crippen molar-refractivity contribution in [2.75, 3.05) is 13.2 Å². The highest BCUT2D eigenvalue weighted by Gasteiger charge is 2.32. The van der Waals surface area contributed by atoms with Crippen molar-refractivity contribution in [1.29, 1.82) is 0 Å². The molecule has 34 heavy (non-hydrogen) atoms. The fourth-order valence-electron chi connectivity index (χ4n) is 4.99. The van der Waals surface area contributed by atoms with E-state index in [1.54, 1.807) is 0 Å². The summed E-state index contributed by atoms with van der Waals surface area (Å²) in [5, 5.41) is 24.6. The number of hydrogen-bond donors (Lipinski definition) is 4. The summed E-state index contributed by atoms with van der Waals surface area (Å²) in [6, 6.07) is 14.6. The van der Waals surface area contributed by atoms with Crippen LogP contribution in [0.25, 0.3) is 11.1 Å². The summed E-state index contributed by atoms with van der Waals surface area (Å²) in [4.78, 5) is 36.3. The molecule has 2 aromatic rings. The van der Waals surface area contributed by atoms with Crippen molar-refractivity contribution in [3.63, 3.8) is 0 Å². The Kier molecular flexibility index (Phi) is 7.17. The monoisotopic (exact) mass is 466 g/mol. The molecule has 4 rings (SSSR count). The Morgan fingerprint density at radius 2 is 1.59 bits per heavy atom. The lowest BCUT2D eigenvalue weighted by molar-refractivity contribution is -0.139. The van der Waals surface area contributed by atoms with Crippen LogP contribution in [0.2, 0.25) is 0 Å². The first-order chi connectivity index (χ1) is 16.4. The minimum absolute atomic E-state index is 0.0638. The van der Waals surface area contributed by atoms with Gasteiger partial charge in [0.2, 0.25) is 5.91 Å². The maximum Gasteiger partial charge on any atom is 0.407 e. The largest absolute Gasteiger partial charge is 0.481 e. The van der Waals surface area contributed by atoms with E-state index in [1.807, 2.05) is 48.5 Å². The molecule has 0 radical (unpaired) electrons. The zero-order valence-corrected chi connectivity index (χ0v) is 19.0. The van der Waals surface area contributed by atoms with E-state index < -0.39 is 36.0 Å². The molecular formula is C26H30N2O6. The third-order valence-corrected chi connectivity index (χ3v) is 6.75. The van der Waals surface area contributed by atoms with Crippen LogP contribution in [0.15, 0.2) is 48.5 Å². The van der Waals surface area contributed by atoms with Gasteiger partial charge in [0.1, 0.15) is 12.6 Å². The summed E-state index contributed by atoms with van der Waals surface area (Å²) in [5.41, 5.74) is 3.52. The van der Waals surface area contributed by atoms with E-state index in [9.17, 15) is 24.6 Å². The number of alkyl carbamates (subject to hydrolysis) is 1. The van der Waals surface area contributed by atoms with Gasteiger partial charge in [-0.3, -0.25) is 9.59 Å². The summed E-state index contributed by atoms with van der Waals surface area (Å²) in [5.74, 6) is -1.97. The Bertz CT molecular complexity index is 1020. The highest BCUT2D eigenvalue weighted by Crippen LogP contribution is 2.44. The summed E-state index contributed by atoms with van der Waals surface area (Å²) >= 11 is 0. The Morgan fingerprint density at radius 1 is 1.00 bits per heavy atom. The number of rotatable bonds is 9. The fraction of sp³-hybridized carbons (Fsp3) is 0.423. The summed E-state index contributed by atoms with van der Waals surface area (Å²) in [6.45, 7) is 0.270. The van der Waals surface area contributed by atoms with Gasteiger partial charge < -0.3 is 25.6 Å². The molecule has 1 unspecified atom stereocenters. The minimum atomic E-state index is -1.27. The zero-order chi connectivity index (χ0) is 24.1. The van der Waals surface area contributed by atoms with Crippen molar-refractivity contribution < 1.29 is 29.3 Å². The fourth-order valence-corrected chi connectivity index (χ4v) is 4.99. The number of ether oxygens (including phenoxy) is 1. The number of carboxylic acids is 1. The van der Waals surface area contributed by atoms with Crippen LogP contribution in [0, 0.1) is 0 Å². The highest BCUT2D eigenvalue weighted by atomic mass is 16.5. The molecule has 0 aliphatic heterocycles. The van der Waals surface area contributed by atoms with Crippen molar-refractivity contribution in [3.8, 4) is 11.1 Å². The number of fused-ring (bicyclic) bond motifs is 3. The number of carbonyl (C=O) groups excluding carboxylic acids is 2. The Labute approximate surface area is 198 Å². The second kappa shape index (κ2) is 10.3. The van der Waals surface area contributed by atoms with E-state index in [0.29, 0.717) is 19.3 Å². The number of amides is 2.